The highest BCUT2D eigenvalue weighted by Gasteiger charge is 2.28. The number of benzene rings is 2. The second-order valence-corrected chi connectivity index (χ2v) is 12.1. The van der Waals surface area contributed by atoms with Crippen LogP contribution < -0.4 is 0 Å². The Morgan fingerprint density at radius 2 is 1.48 bits per heavy atom. The van der Waals surface area contributed by atoms with Gasteiger partial charge in [0.1, 0.15) is 13.2 Å². The minimum Gasteiger partial charge on any atom is -0.461 e. The third-order valence-corrected chi connectivity index (χ3v) is 9.20. The van der Waals surface area contributed by atoms with Crippen LogP contribution in [0.5, 0.6) is 0 Å². The standard InChI is InChI=1S/C36H46O6/c1-4-5-26-6-8-27(9-7-26)28-10-12-29(13-11-28)30-14-15-32-19-33(17-16-31(32)18-30)34(22-41-35(39)24(2)20-37)23-42-36(40)25(3)21-38/h12,14-19,26-28,34,37-38H,2-11,13,20-23H2,1H3. The Balaban J connectivity index is 1.44. The van der Waals surface area contributed by atoms with Gasteiger partial charge in [-0.05, 0) is 83.4 Å². The lowest BCUT2D eigenvalue weighted by Crippen LogP contribution is -2.23. The fourth-order valence-corrected chi connectivity index (χ4v) is 6.55. The van der Waals surface area contributed by atoms with Gasteiger partial charge < -0.3 is 19.7 Å². The van der Waals surface area contributed by atoms with E-state index < -0.39 is 31.1 Å². The minimum absolute atomic E-state index is 0.0480. The topological polar surface area (TPSA) is 93.1 Å². The Morgan fingerprint density at radius 1 is 0.857 bits per heavy atom. The summed E-state index contributed by atoms with van der Waals surface area (Å²) >= 11 is 0. The number of aliphatic hydroxyl groups excluding tert-OH is 2. The quantitative estimate of drug-likeness (QED) is 0.200. The van der Waals surface area contributed by atoms with Crippen LogP contribution in [0.25, 0.3) is 16.3 Å². The van der Waals surface area contributed by atoms with Gasteiger partial charge >= 0.3 is 11.9 Å². The Bertz CT molecular complexity index is 1270. The molecule has 0 aromatic heterocycles. The molecule has 2 aromatic carbocycles. The van der Waals surface area contributed by atoms with E-state index in [2.05, 4.69) is 44.4 Å². The van der Waals surface area contributed by atoms with E-state index in [0.717, 1.165) is 40.5 Å². The number of carbonyl (C=O) groups excluding carboxylic acids is 2. The molecule has 2 aliphatic rings. The summed E-state index contributed by atoms with van der Waals surface area (Å²) in [7, 11) is 0. The molecule has 1 fully saturated rings. The normalized spacial score (nSPS) is 20.7. The van der Waals surface area contributed by atoms with Crippen LogP contribution in [0.1, 0.15) is 81.8 Å². The molecule has 0 aliphatic heterocycles. The highest BCUT2D eigenvalue weighted by molar-refractivity contribution is 5.89. The molecule has 0 radical (unpaired) electrons. The largest absolute Gasteiger partial charge is 0.461 e. The second-order valence-electron chi connectivity index (χ2n) is 12.1. The van der Waals surface area contributed by atoms with Crippen molar-refractivity contribution in [3.05, 3.63) is 77.9 Å². The lowest BCUT2D eigenvalue weighted by Gasteiger charge is -2.35. The van der Waals surface area contributed by atoms with Gasteiger partial charge in [0, 0.05) is 0 Å². The molecule has 42 heavy (non-hydrogen) atoms. The lowest BCUT2D eigenvalue weighted by molar-refractivity contribution is -0.142. The first-order chi connectivity index (χ1) is 20.3. The summed E-state index contributed by atoms with van der Waals surface area (Å²) in [6, 6.07) is 12.6. The first kappa shape index (κ1) is 31.7. The van der Waals surface area contributed by atoms with E-state index in [1.165, 1.54) is 62.5 Å². The van der Waals surface area contributed by atoms with E-state index in [-0.39, 0.29) is 24.4 Å². The zero-order valence-electron chi connectivity index (χ0n) is 25.0. The molecule has 1 atom stereocenters. The van der Waals surface area contributed by atoms with Gasteiger partial charge in [-0.25, -0.2) is 9.59 Å². The number of ether oxygens (including phenoxy) is 2. The van der Waals surface area contributed by atoms with Crippen molar-refractivity contribution in [2.24, 2.45) is 17.8 Å². The molecule has 226 valence electrons. The van der Waals surface area contributed by atoms with Crippen molar-refractivity contribution in [3.8, 4) is 0 Å². The van der Waals surface area contributed by atoms with E-state index in [1.807, 2.05) is 18.2 Å². The van der Waals surface area contributed by atoms with Crippen LogP contribution in [0.3, 0.4) is 0 Å². The first-order valence-corrected chi connectivity index (χ1v) is 15.5. The predicted octanol–water partition coefficient (Wildman–Crippen LogP) is 6.90. The number of aliphatic hydroxyl groups is 2. The van der Waals surface area contributed by atoms with Gasteiger partial charge in [-0.15, -0.1) is 0 Å². The first-order valence-electron chi connectivity index (χ1n) is 15.5. The summed E-state index contributed by atoms with van der Waals surface area (Å²) in [6.45, 7) is 8.20. The predicted molar refractivity (Wildman–Crippen MR) is 167 cm³/mol. The van der Waals surface area contributed by atoms with E-state index in [1.54, 1.807) is 0 Å². The monoisotopic (exact) mass is 574 g/mol. The van der Waals surface area contributed by atoms with Crippen LogP contribution in [0.4, 0.5) is 0 Å². The average Bonchev–Trinajstić information content (AvgIpc) is 3.03. The molecule has 0 bridgehead atoms. The van der Waals surface area contributed by atoms with Crippen molar-refractivity contribution >= 4 is 28.3 Å². The Labute approximate surface area is 250 Å². The summed E-state index contributed by atoms with van der Waals surface area (Å²) in [5, 5.41) is 20.5. The summed E-state index contributed by atoms with van der Waals surface area (Å²) in [5.41, 5.74) is 3.45. The second kappa shape index (κ2) is 15.3. The summed E-state index contributed by atoms with van der Waals surface area (Å²) in [4.78, 5) is 24.2. The van der Waals surface area contributed by atoms with Crippen molar-refractivity contribution < 1.29 is 29.3 Å². The van der Waals surface area contributed by atoms with Crippen LogP contribution in [0.15, 0.2) is 66.8 Å². The molecule has 2 N–H and O–H groups in total. The molecule has 4 rings (SSSR count). The van der Waals surface area contributed by atoms with Crippen molar-refractivity contribution in [1.82, 2.24) is 0 Å². The van der Waals surface area contributed by atoms with Crippen molar-refractivity contribution in [1.29, 1.82) is 0 Å². The van der Waals surface area contributed by atoms with Gasteiger partial charge in [-0.1, -0.05) is 82.2 Å². The molecular formula is C36H46O6. The van der Waals surface area contributed by atoms with Gasteiger partial charge in [-0.3, -0.25) is 0 Å². The average molecular weight is 575 g/mol. The fraction of sp³-hybridized carbons (Fsp3) is 0.500. The molecule has 0 spiro atoms. The molecule has 2 aliphatic carbocycles. The number of fused-ring (bicyclic) bond motifs is 1. The number of rotatable bonds is 13. The molecule has 1 saturated carbocycles. The number of hydrogen-bond donors (Lipinski definition) is 2. The van der Waals surface area contributed by atoms with E-state index in [9.17, 15) is 19.8 Å². The molecule has 6 heteroatoms. The number of hydrogen-bond acceptors (Lipinski definition) is 6. The minimum atomic E-state index is -0.703. The molecular weight excluding hydrogens is 528 g/mol. The summed E-state index contributed by atoms with van der Waals surface area (Å²) in [6.07, 6.45) is 14.4. The van der Waals surface area contributed by atoms with Gasteiger partial charge in [0.15, 0.2) is 0 Å². The van der Waals surface area contributed by atoms with Crippen LogP contribution in [0.2, 0.25) is 0 Å². The number of allylic oxidation sites excluding steroid dienone is 2. The number of esters is 2. The summed E-state index contributed by atoms with van der Waals surface area (Å²) < 4.78 is 10.7. The maximum Gasteiger partial charge on any atom is 0.335 e. The number of carbonyl (C=O) groups is 2. The summed E-state index contributed by atoms with van der Waals surface area (Å²) in [5.74, 6) is 0.814. The zero-order chi connectivity index (χ0) is 30.1. The van der Waals surface area contributed by atoms with Crippen molar-refractivity contribution in [3.63, 3.8) is 0 Å². The molecule has 0 amide bonds. The SMILES string of the molecule is C=C(CO)C(=O)OCC(COC(=O)C(=C)CO)c1ccc2cc(C3=CCC(C4CCC(CCC)CC4)CC3)ccc2c1. The molecule has 0 heterocycles. The van der Waals surface area contributed by atoms with E-state index >= 15 is 0 Å². The Hall–Kier alpha value is -3.22. The maximum atomic E-state index is 12.1. The van der Waals surface area contributed by atoms with Crippen LogP contribution in [0, 0.1) is 17.8 Å². The molecule has 2 aromatic rings. The molecule has 0 saturated heterocycles. The van der Waals surface area contributed by atoms with Gasteiger partial charge in [0.25, 0.3) is 0 Å². The van der Waals surface area contributed by atoms with Crippen molar-refractivity contribution in [2.45, 2.75) is 70.6 Å². The third kappa shape index (κ3) is 8.20. The lowest BCUT2D eigenvalue weighted by atomic mass is 9.70. The van der Waals surface area contributed by atoms with Crippen LogP contribution in [-0.2, 0) is 19.1 Å². The molecule has 6 nitrogen and oxygen atoms in total. The van der Waals surface area contributed by atoms with Crippen LogP contribution >= 0.6 is 0 Å². The van der Waals surface area contributed by atoms with E-state index in [0.29, 0.717) is 0 Å². The molecule has 1 unspecified atom stereocenters. The zero-order valence-corrected chi connectivity index (χ0v) is 25.0. The maximum absolute atomic E-state index is 12.1. The van der Waals surface area contributed by atoms with Crippen LogP contribution in [-0.4, -0.2) is 48.6 Å². The smallest absolute Gasteiger partial charge is 0.335 e. The fourth-order valence-electron chi connectivity index (χ4n) is 6.55. The highest BCUT2D eigenvalue weighted by Crippen LogP contribution is 2.42. The van der Waals surface area contributed by atoms with Gasteiger partial charge in [0.05, 0.1) is 30.3 Å². The van der Waals surface area contributed by atoms with Gasteiger partial charge in [0.2, 0.25) is 0 Å². The van der Waals surface area contributed by atoms with Gasteiger partial charge in [-0.2, -0.15) is 0 Å². The van der Waals surface area contributed by atoms with Crippen molar-refractivity contribution in [2.75, 3.05) is 26.4 Å². The Kier molecular flexibility index (Phi) is 11.6. The highest BCUT2D eigenvalue weighted by atomic mass is 16.5. The Morgan fingerprint density at radius 3 is 2.05 bits per heavy atom. The third-order valence-electron chi connectivity index (χ3n) is 9.20. The van der Waals surface area contributed by atoms with E-state index in [4.69, 9.17) is 9.47 Å².